The first kappa shape index (κ1) is 19.6. The number of hydrogen-bond acceptors (Lipinski definition) is 6. The molecule has 1 fully saturated rings. The van der Waals surface area contributed by atoms with Gasteiger partial charge in [-0.2, -0.15) is 5.10 Å². The van der Waals surface area contributed by atoms with E-state index in [-0.39, 0.29) is 24.3 Å². The number of nitrogens with zero attached hydrogens (tertiary/aromatic N) is 2. The van der Waals surface area contributed by atoms with Crippen molar-refractivity contribution in [1.29, 1.82) is 0 Å². The zero-order valence-corrected chi connectivity index (χ0v) is 15.4. The molecule has 0 atom stereocenters. The van der Waals surface area contributed by atoms with Gasteiger partial charge in [0.05, 0.1) is 0 Å². The number of carbonyl (C=O) groups excluding carboxylic acids is 3. The predicted octanol–water partition coefficient (Wildman–Crippen LogP) is 0.556. The van der Waals surface area contributed by atoms with E-state index in [4.69, 9.17) is 5.21 Å². The van der Waals surface area contributed by atoms with Crippen LogP contribution in [0.1, 0.15) is 31.2 Å². The second-order valence-corrected chi connectivity index (χ2v) is 6.70. The highest BCUT2D eigenvalue weighted by Gasteiger charge is 2.25. The van der Waals surface area contributed by atoms with Gasteiger partial charge in [-0.1, -0.05) is 18.2 Å². The van der Waals surface area contributed by atoms with Crippen molar-refractivity contribution in [1.82, 2.24) is 16.2 Å². The van der Waals surface area contributed by atoms with E-state index in [1.807, 2.05) is 24.3 Å². The Morgan fingerprint density at radius 3 is 2.64 bits per heavy atom. The predicted molar refractivity (Wildman–Crippen MR) is 104 cm³/mol. The van der Waals surface area contributed by atoms with E-state index < -0.39 is 5.91 Å². The van der Waals surface area contributed by atoms with E-state index in [1.165, 1.54) is 6.08 Å². The highest BCUT2D eigenvalue weighted by Crippen LogP contribution is 2.25. The Hall–Kier alpha value is -3.20. The Labute approximate surface area is 162 Å². The summed E-state index contributed by atoms with van der Waals surface area (Å²) < 4.78 is 0. The molecule has 0 radical (unpaired) electrons. The molecule has 3 amide bonds. The van der Waals surface area contributed by atoms with Gasteiger partial charge in [0.2, 0.25) is 5.91 Å². The molecule has 2 aliphatic rings. The van der Waals surface area contributed by atoms with Crippen LogP contribution in [-0.4, -0.2) is 47.8 Å². The lowest BCUT2D eigenvalue weighted by Gasteiger charge is -2.35. The van der Waals surface area contributed by atoms with Gasteiger partial charge < -0.3 is 10.2 Å². The number of hydroxylamine groups is 1. The van der Waals surface area contributed by atoms with Crippen LogP contribution in [0.4, 0.5) is 5.69 Å². The third kappa shape index (κ3) is 4.95. The molecule has 0 aliphatic carbocycles. The number of rotatable bonds is 5. The average Bonchev–Trinajstić information content (AvgIpc) is 2.73. The van der Waals surface area contributed by atoms with Crippen molar-refractivity contribution in [2.45, 2.75) is 31.7 Å². The van der Waals surface area contributed by atoms with Crippen molar-refractivity contribution in [3.8, 4) is 0 Å². The summed E-state index contributed by atoms with van der Waals surface area (Å²) in [4.78, 5) is 36.8. The molecule has 28 heavy (non-hydrogen) atoms. The maximum atomic E-state index is 12.3. The molecule has 0 aromatic heterocycles. The summed E-state index contributed by atoms with van der Waals surface area (Å²) in [6.45, 7) is 1.51. The fourth-order valence-corrected chi connectivity index (χ4v) is 3.29. The molecule has 0 saturated carbocycles. The van der Waals surface area contributed by atoms with Gasteiger partial charge in [-0.05, 0) is 30.5 Å². The molecule has 1 aromatic rings. The molecule has 1 saturated heterocycles. The van der Waals surface area contributed by atoms with Crippen LogP contribution in [0.5, 0.6) is 0 Å². The minimum atomic E-state index is -0.585. The summed E-state index contributed by atoms with van der Waals surface area (Å²) in [6.07, 6.45) is 5.13. The lowest BCUT2D eigenvalue weighted by atomic mass is 10.0. The lowest BCUT2D eigenvalue weighted by Crippen LogP contribution is -2.47. The van der Waals surface area contributed by atoms with Gasteiger partial charge in [-0.3, -0.25) is 19.6 Å². The van der Waals surface area contributed by atoms with E-state index >= 15 is 0 Å². The molecule has 3 rings (SSSR count). The number of nitrogens with one attached hydrogen (secondary N) is 3. The Bertz CT molecular complexity index is 812. The molecule has 0 spiro atoms. The molecule has 0 unspecified atom stereocenters. The molecular formula is C19H23N5O4. The number of piperidine rings is 1. The maximum Gasteiger partial charge on any atom is 0.267 e. The summed E-state index contributed by atoms with van der Waals surface area (Å²) >= 11 is 0. The van der Waals surface area contributed by atoms with Crippen LogP contribution >= 0.6 is 0 Å². The summed E-state index contributed by atoms with van der Waals surface area (Å²) in [5.41, 5.74) is 6.14. The van der Waals surface area contributed by atoms with Crippen molar-refractivity contribution >= 4 is 35.2 Å². The smallest absolute Gasteiger partial charge is 0.267 e. The van der Waals surface area contributed by atoms with Gasteiger partial charge in [0.25, 0.3) is 11.8 Å². The standard InChI is InChI=1S/C19H23N5O4/c25-17-8-6-15(21-22-17)19(27)20-14-9-11-24(12-10-14)16-4-2-1-3-13(16)5-7-18(26)23-28/h1-5,7,14,28H,6,8-12H2,(H,20,27)(H,22,25)(H,23,26)/b7-5+. The summed E-state index contributed by atoms with van der Waals surface area (Å²) in [7, 11) is 0. The van der Waals surface area contributed by atoms with Crippen molar-refractivity contribution in [2.75, 3.05) is 18.0 Å². The molecule has 0 bridgehead atoms. The third-order valence-electron chi connectivity index (χ3n) is 4.80. The van der Waals surface area contributed by atoms with E-state index in [2.05, 4.69) is 20.7 Å². The molecule has 148 valence electrons. The fourth-order valence-electron chi connectivity index (χ4n) is 3.29. The van der Waals surface area contributed by atoms with E-state index in [9.17, 15) is 14.4 Å². The molecule has 1 aromatic carbocycles. The Morgan fingerprint density at radius 1 is 1.21 bits per heavy atom. The van der Waals surface area contributed by atoms with E-state index in [1.54, 1.807) is 11.6 Å². The maximum absolute atomic E-state index is 12.3. The zero-order chi connectivity index (χ0) is 19.9. The van der Waals surface area contributed by atoms with Crippen LogP contribution in [0.25, 0.3) is 6.08 Å². The van der Waals surface area contributed by atoms with Crippen LogP contribution in [0.3, 0.4) is 0 Å². The van der Waals surface area contributed by atoms with Gasteiger partial charge in [0.15, 0.2) is 0 Å². The first-order chi connectivity index (χ1) is 13.6. The highest BCUT2D eigenvalue weighted by molar-refractivity contribution is 6.39. The number of hydrazone groups is 1. The molecule has 9 heteroatoms. The van der Waals surface area contributed by atoms with Crippen LogP contribution in [0, 0.1) is 0 Å². The molecule has 2 aliphatic heterocycles. The summed E-state index contributed by atoms with van der Waals surface area (Å²) in [5, 5.41) is 15.4. The Kier molecular flexibility index (Phi) is 6.38. The lowest BCUT2D eigenvalue weighted by molar-refractivity contribution is -0.124. The minimum Gasteiger partial charge on any atom is -0.371 e. The quantitative estimate of drug-likeness (QED) is 0.335. The van der Waals surface area contributed by atoms with Crippen LogP contribution in [0.15, 0.2) is 35.4 Å². The van der Waals surface area contributed by atoms with Gasteiger partial charge in [-0.15, -0.1) is 0 Å². The Balaban J connectivity index is 1.57. The van der Waals surface area contributed by atoms with Crippen LogP contribution in [-0.2, 0) is 14.4 Å². The van der Waals surface area contributed by atoms with Gasteiger partial charge >= 0.3 is 0 Å². The molecule has 4 N–H and O–H groups in total. The topological polar surface area (TPSA) is 123 Å². The molecular weight excluding hydrogens is 362 g/mol. The second-order valence-electron chi connectivity index (χ2n) is 6.70. The van der Waals surface area contributed by atoms with Gasteiger partial charge in [-0.25, -0.2) is 10.9 Å². The summed E-state index contributed by atoms with van der Waals surface area (Å²) in [6, 6.07) is 7.75. The first-order valence-corrected chi connectivity index (χ1v) is 9.19. The number of carbonyl (C=O) groups is 3. The third-order valence-corrected chi connectivity index (χ3v) is 4.80. The minimum absolute atomic E-state index is 0.0481. The van der Waals surface area contributed by atoms with Crippen molar-refractivity contribution < 1.29 is 19.6 Å². The highest BCUT2D eigenvalue weighted by atomic mass is 16.5. The fraction of sp³-hybridized carbons (Fsp3) is 0.368. The van der Waals surface area contributed by atoms with Gasteiger partial charge in [0.1, 0.15) is 5.71 Å². The van der Waals surface area contributed by atoms with Crippen LogP contribution in [0.2, 0.25) is 0 Å². The van der Waals surface area contributed by atoms with E-state index in [0.717, 1.165) is 37.2 Å². The van der Waals surface area contributed by atoms with Crippen molar-refractivity contribution in [2.24, 2.45) is 5.10 Å². The van der Waals surface area contributed by atoms with Gasteiger partial charge in [0, 0.05) is 43.7 Å². The monoisotopic (exact) mass is 385 g/mol. The normalized spacial score (nSPS) is 17.8. The number of anilines is 1. The average molecular weight is 385 g/mol. The largest absolute Gasteiger partial charge is 0.371 e. The number of hydrogen-bond donors (Lipinski definition) is 4. The first-order valence-electron chi connectivity index (χ1n) is 9.19. The van der Waals surface area contributed by atoms with Crippen LogP contribution < -0.4 is 21.1 Å². The zero-order valence-electron chi connectivity index (χ0n) is 15.4. The molecule has 2 heterocycles. The number of amides is 3. The Morgan fingerprint density at radius 2 is 1.96 bits per heavy atom. The SMILES string of the molecule is O=C(/C=C/c1ccccc1N1CCC(NC(=O)C2=NNC(=O)CC2)CC1)NO. The van der Waals surface area contributed by atoms with Crippen molar-refractivity contribution in [3.63, 3.8) is 0 Å². The molecule has 9 nitrogen and oxygen atoms in total. The van der Waals surface area contributed by atoms with E-state index in [0.29, 0.717) is 12.1 Å². The second kappa shape index (κ2) is 9.14. The number of benzene rings is 1. The van der Waals surface area contributed by atoms with Crippen molar-refractivity contribution in [3.05, 3.63) is 35.9 Å². The number of para-hydroxylation sites is 1. The summed E-state index contributed by atoms with van der Waals surface area (Å²) in [5.74, 6) is -0.983.